The molecular formula is C15H29N5. The van der Waals surface area contributed by atoms with E-state index in [1.54, 1.807) is 0 Å². The van der Waals surface area contributed by atoms with Gasteiger partial charge in [-0.2, -0.15) is 5.10 Å². The van der Waals surface area contributed by atoms with Crippen LogP contribution in [-0.4, -0.2) is 52.9 Å². The number of nitrogens with two attached hydrogens (primary N) is 1. The molecule has 0 spiro atoms. The van der Waals surface area contributed by atoms with Crippen molar-refractivity contribution < 1.29 is 0 Å². The van der Waals surface area contributed by atoms with Crippen LogP contribution in [0.4, 0.5) is 5.82 Å². The summed E-state index contributed by atoms with van der Waals surface area (Å²) >= 11 is 0. The van der Waals surface area contributed by atoms with Crippen molar-refractivity contribution in [2.75, 3.05) is 37.6 Å². The van der Waals surface area contributed by atoms with Crippen molar-refractivity contribution in [3.05, 3.63) is 11.3 Å². The Hall–Kier alpha value is -1.07. The Morgan fingerprint density at radius 2 is 1.75 bits per heavy atom. The fourth-order valence-electron chi connectivity index (χ4n) is 3.11. The Labute approximate surface area is 122 Å². The Kier molecular flexibility index (Phi) is 4.39. The number of hydrogen-bond donors (Lipinski definition) is 1. The standard InChI is InChI=1S/C15H29N5/c1-12-13(6-7-16)14(18(5)17-12)19-8-10-20(11-9-19)15(2,3)4/h6-11,16H2,1-5H3. The van der Waals surface area contributed by atoms with E-state index in [1.807, 2.05) is 11.7 Å². The zero-order chi connectivity index (χ0) is 14.9. The molecule has 0 aliphatic carbocycles. The van der Waals surface area contributed by atoms with Gasteiger partial charge in [0.25, 0.3) is 0 Å². The van der Waals surface area contributed by atoms with Crippen molar-refractivity contribution in [2.45, 2.75) is 39.7 Å². The molecule has 20 heavy (non-hydrogen) atoms. The van der Waals surface area contributed by atoms with Gasteiger partial charge in [0.05, 0.1) is 5.69 Å². The molecule has 0 radical (unpaired) electrons. The molecular weight excluding hydrogens is 250 g/mol. The first-order valence-electron chi connectivity index (χ1n) is 7.57. The van der Waals surface area contributed by atoms with Crippen molar-refractivity contribution in [3.63, 3.8) is 0 Å². The summed E-state index contributed by atoms with van der Waals surface area (Å²) < 4.78 is 2.02. The first-order chi connectivity index (χ1) is 9.34. The van der Waals surface area contributed by atoms with E-state index < -0.39 is 0 Å². The zero-order valence-corrected chi connectivity index (χ0v) is 13.6. The second kappa shape index (κ2) is 5.74. The van der Waals surface area contributed by atoms with Crippen LogP contribution in [0.2, 0.25) is 0 Å². The van der Waals surface area contributed by atoms with Crippen molar-refractivity contribution in [2.24, 2.45) is 12.8 Å². The molecule has 1 saturated heterocycles. The molecule has 0 atom stereocenters. The third-order valence-corrected chi connectivity index (χ3v) is 4.24. The molecule has 5 heteroatoms. The Bertz CT molecular complexity index is 450. The average molecular weight is 279 g/mol. The molecule has 0 aromatic carbocycles. The third-order valence-electron chi connectivity index (χ3n) is 4.24. The number of aryl methyl sites for hydroxylation is 2. The fraction of sp³-hybridized carbons (Fsp3) is 0.800. The lowest BCUT2D eigenvalue weighted by atomic mass is 10.0. The van der Waals surface area contributed by atoms with Crippen LogP contribution in [0.15, 0.2) is 0 Å². The van der Waals surface area contributed by atoms with Gasteiger partial charge in [-0.3, -0.25) is 9.58 Å². The van der Waals surface area contributed by atoms with Gasteiger partial charge in [0.2, 0.25) is 0 Å². The largest absolute Gasteiger partial charge is 0.354 e. The maximum absolute atomic E-state index is 5.75. The Balaban J connectivity index is 2.15. The van der Waals surface area contributed by atoms with E-state index in [9.17, 15) is 0 Å². The summed E-state index contributed by atoms with van der Waals surface area (Å²) in [6, 6.07) is 0. The second-order valence-electron chi connectivity index (χ2n) is 6.69. The first kappa shape index (κ1) is 15.3. The van der Waals surface area contributed by atoms with Gasteiger partial charge in [0.1, 0.15) is 5.82 Å². The number of piperazine rings is 1. The summed E-state index contributed by atoms with van der Waals surface area (Å²) in [5.41, 5.74) is 8.45. The van der Waals surface area contributed by atoms with Crippen LogP contribution < -0.4 is 10.6 Å². The number of nitrogens with zero attached hydrogens (tertiary/aromatic N) is 4. The monoisotopic (exact) mass is 279 g/mol. The molecule has 0 unspecified atom stereocenters. The topological polar surface area (TPSA) is 50.3 Å². The lowest BCUT2D eigenvalue weighted by Crippen LogP contribution is -2.54. The molecule has 114 valence electrons. The normalized spacial score (nSPS) is 17.8. The maximum atomic E-state index is 5.75. The molecule has 0 saturated carbocycles. The van der Waals surface area contributed by atoms with Crippen molar-refractivity contribution in [1.29, 1.82) is 0 Å². The van der Waals surface area contributed by atoms with Crippen LogP contribution in [0.5, 0.6) is 0 Å². The second-order valence-corrected chi connectivity index (χ2v) is 6.69. The molecule has 1 aromatic rings. The minimum atomic E-state index is 0.258. The molecule has 0 bridgehead atoms. The molecule has 1 fully saturated rings. The third kappa shape index (κ3) is 2.99. The SMILES string of the molecule is Cc1nn(C)c(N2CCN(C(C)(C)C)CC2)c1CCN. The average Bonchev–Trinajstić information content (AvgIpc) is 2.64. The zero-order valence-electron chi connectivity index (χ0n) is 13.6. The van der Waals surface area contributed by atoms with Crippen LogP contribution in [-0.2, 0) is 13.5 Å². The number of aromatic nitrogens is 2. The smallest absolute Gasteiger partial charge is 0.130 e. The number of hydrogen-bond acceptors (Lipinski definition) is 4. The lowest BCUT2D eigenvalue weighted by Gasteiger charge is -2.43. The number of anilines is 1. The minimum Gasteiger partial charge on any atom is -0.354 e. The predicted molar refractivity (Wildman–Crippen MR) is 84.2 cm³/mol. The quantitative estimate of drug-likeness (QED) is 0.902. The Morgan fingerprint density at radius 3 is 2.25 bits per heavy atom. The van der Waals surface area contributed by atoms with Crippen molar-refractivity contribution in [1.82, 2.24) is 14.7 Å². The van der Waals surface area contributed by atoms with Crippen LogP contribution in [0.25, 0.3) is 0 Å². The highest BCUT2D eigenvalue weighted by atomic mass is 15.4. The molecule has 2 N–H and O–H groups in total. The van der Waals surface area contributed by atoms with E-state index in [-0.39, 0.29) is 5.54 Å². The predicted octanol–water partition coefficient (Wildman–Crippen LogP) is 1.15. The van der Waals surface area contributed by atoms with Crippen LogP contribution in [0.3, 0.4) is 0 Å². The van der Waals surface area contributed by atoms with Gasteiger partial charge in [0, 0.05) is 44.3 Å². The molecule has 1 aliphatic rings. The van der Waals surface area contributed by atoms with E-state index in [2.05, 4.69) is 42.6 Å². The summed E-state index contributed by atoms with van der Waals surface area (Å²) in [5.74, 6) is 1.27. The van der Waals surface area contributed by atoms with Gasteiger partial charge in [-0.15, -0.1) is 0 Å². The van der Waals surface area contributed by atoms with Gasteiger partial charge < -0.3 is 10.6 Å². The van der Waals surface area contributed by atoms with Crippen LogP contribution >= 0.6 is 0 Å². The molecule has 1 aromatic heterocycles. The van der Waals surface area contributed by atoms with Gasteiger partial charge >= 0.3 is 0 Å². The molecule has 2 rings (SSSR count). The number of rotatable bonds is 3. The van der Waals surface area contributed by atoms with Gasteiger partial charge in [-0.1, -0.05) is 0 Å². The van der Waals surface area contributed by atoms with E-state index in [0.29, 0.717) is 6.54 Å². The van der Waals surface area contributed by atoms with Crippen molar-refractivity contribution in [3.8, 4) is 0 Å². The highest BCUT2D eigenvalue weighted by Gasteiger charge is 2.28. The Morgan fingerprint density at radius 1 is 1.15 bits per heavy atom. The fourth-order valence-corrected chi connectivity index (χ4v) is 3.11. The minimum absolute atomic E-state index is 0.258. The molecule has 2 heterocycles. The van der Waals surface area contributed by atoms with Gasteiger partial charge in [-0.05, 0) is 40.7 Å². The maximum Gasteiger partial charge on any atom is 0.130 e. The van der Waals surface area contributed by atoms with E-state index in [0.717, 1.165) is 38.3 Å². The van der Waals surface area contributed by atoms with E-state index >= 15 is 0 Å². The molecule has 5 nitrogen and oxygen atoms in total. The summed E-state index contributed by atoms with van der Waals surface area (Å²) in [5, 5.41) is 4.58. The summed E-state index contributed by atoms with van der Waals surface area (Å²) in [6.45, 7) is 14.0. The summed E-state index contributed by atoms with van der Waals surface area (Å²) in [4.78, 5) is 5.02. The van der Waals surface area contributed by atoms with E-state index in [4.69, 9.17) is 5.73 Å². The summed E-state index contributed by atoms with van der Waals surface area (Å²) in [7, 11) is 2.04. The van der Waals surface area contributed by atoms with Crippen LogP contribution in [0.1, 0.15) is 32.0 Å². The molecule has 1 aliphatic heterocycles. The van der Waals surface area contributed by atoms with E-state index in [1.165, 1.54) is 11.4 Å². The first-order valence-corrected chi connectivity index (χ1v) is 7.57. The lowest BCUT2D eigenvalue weighted by molar-refractivity contribution is 0.128. The molecule has 0 amide bonds. The highest BCUT2D eigenvalue weighted by Crippen LogP contribution is 2.26. The van der Waals surface area contributed by atoms with Gasteiger partial charge in [-0.25, -0.2) is 0 Å². The highest BCUT2D eigenvalue weighted by molar-refractivity contribution is 5.50. The van der Waals surface area contributed by atoms with Crippen molar-refractivity contribution >= 4 is 5.82 Å². The summed E-state index contributed by atoms with van der Waals surface area (Å²) in [6.07, 6.45) is 0.911. The van der Waals surface area contributed by atoms with Gasteiger partial charge in [0.15, 0.2) is 0 Å². The van der Waals surface area contributed by atoms with Crippen LogP contribution in [0, 0.1) is 6.92 Å².